The van der Waals surface area contributed by atoms with Gasteiger partial charge in [0.05, 0.1) is 16.2 Å². The summed E-state index contributed by atoms with van der Waals surface area (Å²) in [6.07, 6.45) is 0.467. The average molecular weight is 327 g/mol. The maximum Gasteiger partial charge on any atom is 0.335 e. The van der Waals surface area contributed by atoms with Crippen molar-refractivity contribution in [2.45, 2.75) is 6.92 Å². The van der Waals surface area contributed by atoms with Crippen molar-refractivity contribution in [1.82, 2.24) is 0 Å². The molecule has 0 radical (unpaired) electrons. The fourth-order valence-electron chi connectivity index (χ4n) is 2.19. The Morgan fingerprint density at radius 3 is 2.54 bits per heavy atom. The van der Waals surface area contributed by atoms with Crippen molar-refractivity contribution in [3.05, 3.63) is 63.7 Å². The van der Waals surface area contributed by atoms with Gasteiger partial charge in [-0.05, 0) is 31.2 Å². The highest BCUT2D eigenvalue weighted by Gasteiger charge is 2.18. The Labute approximate surface area is 136 Å². The van der Waals surface area contributed by atoms with Gasteiger partial charge in [0.15, 0.2) is 0 Å². The summed E-state index contributed by atoms with van der Waals surface area (Å²) < 4.78 is 0. The van der Waals surface area contributed by atoms with Gasteiger partial charge in [-0.2, -0.15) is 0 Å². The number of aromatic carboxylic acids is 1. The van der Waals surface area contributed by atoms with Gasteiger partial charge in [0, 0.05) is 29.1 Å². The van der Waals surface area contributed by atoms with Gasteiger partial charge in [-0.3, -0.25) is 19.8 Å². The highest BCUT2D eigenvalue weighted by Crippen LogP contribution is 2.31. The normalized spacial score (nSPS) is 10.0. The van der Waals surface area contributed by atoms with Crippen molar-refractivity contribution in [3.8, 4) is 0 Å². The Kier molecular flexibility index (Phi) is 4.69. The lowest BCUT2D eigenvalue weighted by molar-refractivity contribution is -0.384. The van der Waals surface area contributed by atoms with Crippen LogP contribution in [0.15, 0.2) is 42.5 Å². The van der Waals surface area contributed by atoms with Gasteiger partial charge >= 0.3 is 5.97 Å². The molecule has 24 heavy (non-hydrogen) atoms. The number of benzene rings is 2. The molecule has 2 aromatic carbocycles. The van der Waals surface area contributed by atoms with Crippen LogP contribution in [0.3, 0.4) is 0 Å². The molecule has 0 heterocycles. The number of hydrogen-bond donors (Lipinski definition) is 2. The van der Waals surface area contributed by atoms with Crippen LogP contribution in [0.2, 0.25) is 0 Å². The number of nitro groups is 1. The van der Waals surface area contributed by atoms with E-state index in [2.05, 4.69) is 0 Å². The molecular formula is C16H13N3O5. The molecule has 0 aliphatic rings. The second-order valence-electron chi connectivity index (χ2n) is 4.91. The summed E-state index contributed by atoms with van der Waals surface area (Å²) in [5.41, 5.74) is 0.568. The van der Waals surface area contributed by atoms with Crippen LogP contribution in [0.5, 0.6) is 0 Å². The molecule has 8 heteroatoms. The number of carbonyl (C=O) groups is 2. The molecule has 2 rings (SSSR count). The first-order chi connectivity index (χ1) is 11.3. The lowest BCUT2D eigenvalue weighted by Gasteiger charge is -2.21. The van der Waals surface area contributed by atoms with E-state index >= 15 is 0 Å². The SMILES string of the molecule is CC(=N)c1cc([N+](=O)[O-])ccc1N(C=O)c1cccc(C(=O)O)c1. The molecule has 1 amide bonds. The van der Waals surface area contributed by atoms with Gasteiger partial charge in [0.1, 0.15) is 0 Å². The number of anilines is 2. The van der Waals surface area contributed by atoms with Gasteiger partial charge < -0.3 is 10.5 Å². The number of non-ortho nitro benzene ring substituents is 1. The van der Waals surface area contributed by atoms with Gasteiger partial charge in [0.25, 0.3) is 5.69 Å². The van der Waals surface area contributed by atoms with Crippen LogP contribution in [0.1, 0.15) is 22.8 Å². The van der Waals surface area contributed by atoms with E-state index in [4.69, 9.17) is 10.5 Å². The molecule has 0 fully saturated rings. The predicted octanol–water partition coefficient (Wildman–Crippen LogP) is 2.98. The third-order valence-corrected chi connectivity index (χ3v) is 3.33. The van der Waals surface area contributed by atoms with Crippen LogP contribution in [0.25, 0.3) is 0 Å². The zero-order valence-corrected chi connectivity index (χ0v) is 12.6. The van der Waals surface area contributed by atoms with Crippen LogP contribution >= 0.6 is 0 Å². The zero-order valence-electron chi connectivity index (χ0n) is 12.6. The monoisotopic (exact) mass is 327 g/mol. The number of nitrogens with one attached hydrogen (secondary N) is 1. The van der Waals surface area contributed by atoms with Crippen molar-refractivity contribution < 1.29 is 19.6 Å². The summed E-state index contributed by atoms with van der Waals surface area (Å²) in [5.74, 6) is -1.14. The van der Waals surface area contributed by atoms with Crippen LogP contribution in [-0.4, -0.2) is 28.1 Å². The Bertz CT molecular complexity index is 847. The predicted molar refractivity (Wildman–Crippen MR) is 87.2 cm³/mol. The Morgan fingerprint density at radius 2 is 2.00 bits per heavy atom. The standard InChI is InChI=1S/C16H13N3O5/c1-10(17)14-8-13(19(23)24)5-6-15(14)18(9-20)12-4-2-3-11(7-12)16(21)22/h2-9,17H,1H3,(H,21,22). The molecule has 2 aromatic rings. The number of hydrogen-bond acceptors (Lipinski definition) is 5. The third-order valence-electron chi connectivity index (χ3n) is 3.33. The molecular weight excluding hydrogens is 314 g/mol. The van der Waals surface area contributed by atoms with Gasteiger partial charge in [-0.1, -0.05) is 6.07 Å². The van der Waals surface area contributed by atoms with Crippen LogP contribution in [-0.2, 0) is 4.79 Å². The summed E-state index contributed by atoms with van der Waals surface area (Å²) in [5, 5.41) is 27.8. The lowest BCUT2D eigenvalue weighted by Crippen LogP contribution is -2.17. The van der Waals surface area contributed by atoms with Gasteiger partial charge in [0.2, 0.25) is 6.41 Å². The Morgan fingerprint density at radius 1 is 1.29 bits per heavy atom. The summed E-state index contributed by atoms with van der Waals surface area (Å²) in [6.45, 7) is 1.44. The minimum Gasteiger partial charge on any atom is -0.478 e. The highest BCUT2D eigenvalue weighted by atomic mass is 16.6. The fourth-order valence-corrected chi connectivity index (χ4v) is 2.19. The van der Waals surface area contributed by atoms with E-state index < -0.39 is 10.9 Å². The third kappa shape index (κ3) is 3.27. The molecule has 122 valence electrons. The number of nitrogens with zero attached hydrogens (tertiary/aromatic N) is 2. The minimum absolute atomic E-state index is 0.00520. The maximum atomic E-state index is 11.6. The first-order valence-electron chi connectivity index (χ1n) is 6.77. The second-order valence-corrected chi connectivity index (χ2v) is 4.91. The quantitative estimate of drug-likeness (QED) is 0.365. The largest absolute Gasteiger partial charge is 0.478 e. The van der Waals surface area contributed by atoms with Crippen LogP contribution < -0.4 is 4.90 Å². The van der Waals surface area contributed by atoms with E-state index in [0.29, 0.717) is 6.41 Å². The molecule has 0 saturated heterocycles. The van der Waals surface area contributed by atoms with E-state index in [0.717, 1.165) is 4.90 Å². The number of nitro benzene ring substituents is 1. The molecule has 0 unspecified atom stereocenters. The van der Waals surface area contributed by atoms with Crippen LogP contribution in [0, 0.1) is 15.5 Å². The second kappa shape index (κ2) is 6.69. The topological polar surface area (TPSA) is 125 Å². The molecule has 0 bridgehead atoms. The van der Waals surface area contributed by atoms with Crippen molar-refractivity contribution in [1.29, 1.82) is 5.41 Å². The van der Waals surface area contributed by atoms with E-state index in [1.165, 1.54) is 49.4 Å². The van der Waals surface area contributed by atoms with Gasteiger partial charge in [-0.15, -0.1) is 0 Å². The molecule has 0 aliphatic heterocycles. The van der Waals surface area contributed by atoms with E-state index in [1.54, 1.807) is 0 Å². The van der Waals surface area contributed by atoms with Gasteiger partial charge in [-0.25, -0.2) is 4.79 Å². The van der Waals surface area contributed by atoms with Crippen LogP contribution in [0.4, 0.5) is 17.1 Å². The smallest absolute Gasteiger partial charge is 0.335 e. The summed E-state index contributed by atoms with van der Waals surface area (Å²) >= 11 is 0. The first kappa shape index (κ1) is 16.8. The number of rotatable bonds is 6. The zero-order chi connectivity index (χ0) is 17.9. The number of carboxylic acid groups (broad SMARTS) is 1. The maximum absolute atomic E-state index is 11.6. The molecule has 0 atom stereocenters. The molecule has 0 saturated carbocycles. The summed E-state index contributed by atoms with van der Waals surface area (Å²) in [4.78, 5) is 34.1. The van der Waals surface area contributed by atoms with Crippen molar-refractivity contribution in [3.63, 3.8) is 0 Å². The van der Waals surface area contributed by atoms with E-state index in [9.17, 15) is 19.7 Å². The summed E-state index contributed by atoms with van der Waals surface area (Å²) in [7, 11) is 0. The highest BCUT2D eigenvalue weighted by molar-refractivity contribution is 6.06. The Hall–Kier alpha value is -3.55. The van der Waals surface area contributed by atoms with Crippen molar-refractivity contribution >= 4 is 35.2 Å². The molecule has 0 aromatic heterocycles. The lowest BCUT2D eigenvalue weighted by atomic mass is 10.1. The molecule has 8 nitrogen and oxygen atoms in total. The van der Waals surface area contributed by atoms with E-state index in [1.807, 2.05) is 0 Å². The first-order valence-corrected chi connectivity index (χ1v) is 6.77. The minimum atomic E-state index is -1.14. The number of carbonyl (C=O) groups excluding carboxylic acids is 1. The number of amides is 1. The summed E-state index contributed by atoms with van der Waals surface area (Å²) in [6, 6.07) is 9.49. The molecule has 2 N–H and O–H groups in total. The average Bonchev–Trinajstić information content (AvgIpc) is 2.55. The van der Waals surface area contributed by atoms with Crippen molar-refractivity contribution in [2.24, 2.45) is 0 Å². The molecule has 0 aliphatic carbocycles. The molecule has 0 spiro atoms. The Balaban J connectivity index is 2.61. The van der Waals surface area contributed by atoms with E-state index in [-0.39, 0.29) is 33.9 Å². The fraction of sp³-hybridized carbons (Fsp3) is 0.0625. The van der Waals surface area contributed by atoms with Crippen molar-refractivity contribution in [2.75, 3.05) is 4.90 Å². The number of carboxylic acids is 1.